The average molecular weight is 404 g/mol. The van der Waals surface area contributed by atoms with Gasteiger partial charge in [-0.3, -0.25) is 10.1 Å². The molecule has 0 N–H and O–H groups in total. The quantitative estimate of drug-likeness (QED) is 0.407. The van der Waals surface area contributed by atoms with E-state index in [9.17, 15) is 23.3 Å². The molecule has 0 radical (unpaired) electrons. The lowest BCUT2D eigenvalue weighted by Gasteiger charge is -2.22. The van der Waals surface area contributed by atoms with E-state index in [-0.39, 0.29) is 17.4 Å². The molecular formula is C19H15F3N4O3. The van der Waals surface area contributed by atoms with E-state index < -0.39 is 22.5 Å². The number of para-hydroxylation sites is 1. The summed E-state index contributed by atoms with van der Waals surface area (Å²) in [6, 6.07) is 13.5. The highest BCUT2D eigenvalue weighted by Gasteiger charge is 2.37. The van der Waals surface area contributed by atoms with Crippen molar-refractivity contribution in [3.63, 3.8) is 0 Å². The predicted octanol–water partition coefficient (Wildman–Crippen LogP) is 5.35. The highest BCUT2D eigenvalue weighted by molar-refractivity contribution is 5.59. The van der Waals surface area contributed by atoms with Crippen molar-refractivity contribution >= 4 is 17.3 Å². The Hall–Kier alpha value is -3.69. The maximum Gasteiger partial charge on any atom is 0.423 e. The summed E-state index contributed by atoms with van der Waals surface area (Å²) in [7, 11) is 0. The number of halogens is 3. The van der Waals surface area contributed by atoms with Crippen molar-refractivity contribution in [1.29, 1.82) is 0 Å². The van der Waals surface area contributed by atoms with Gasteiger partial charge in [-0.15, -0.1) is 0 Å². The van der Waals surface area contributed by atoms with Gasteiger partial charge in [0.25, 0.3) is 5.69 Å². The van der Waals surface area contributed by atoms with Gasteiger partial charge in [-0.05, 0) is 31.2 Å². The number of hydrogen-bond acceptors (Lipinski definition) is 6. The van der Waals surface area contributed by atoms with Gasteiger partial charge < -0.3 is 9.64 Å². The first-order valence-electron chi connectivity index (χ1n) is 8.48. The Bertz CT molecular complexity index is 996. The van der Waals surface area contributed by atoms with Crippen LogP contribution in [0.3, 0.4) is 0 Å². The van der Waals surface area contributed by atoms with Crippen molar-refractivity contribution in [2.45, 2.75) is 13.1 Å². The minimum Gasteiger partial charge on any atom is -0.438 e. The van der Waals surface area contributed by atoms with E-state index in [4.69, 9.17) is 4.74 Å². The molecule has 0 aliphatic carbocycles. The fraction of sp³-hybridized carbons (Fsp3) is 0.158. The first-order valence-corrected chi connectivity index (χ1v) is 8.48. The Labute approximate surface area is 163 Å². The van der Waals surface area contributed by atoms with E-state index in [0.29, 0.717) is 18.4 Å². The van der Waals surface area contributed by atoms with Crippen LogP contribution in [-0.2, 0) is 6.18 Å². The van der Waals surface area contributed by atoms with Gasteiger partial charge in [-0.1, -0.05) is 18.2 Å². The van der Waals surface area contributed by atoms with Crippen molar-refractivity contribution in [3.05, 3.63) is 76.5 Å². The molecule has 2 aromatic carbocycles. The third-order valence-corrected chi connectivity index (χ3v) is 3.93. The van der Waals surface area contributed by atoms with Crippen molar-refractivity contribution in [2.75, 3.05) is 11.4 Å². The average Bonchev–Trinajstić information content (AvgIpc) is 2.69. The molecule has 150 valence electrons. The van der Waals surface area contributed by atoms with Crippen molar-refractivity contribution < 1.29 is 22.8 Å². The standard InChI is InChI=1S/C19H15F3N4O3/c1-2-25(13-8-10-14(11-9-13)26(27)28)18-23-12-16(19(20,21)22)17(24-18)29-15-6-4-3-5-7-15/h3-12H,2H2,1H3. The summed E-state index contributed by atoms with van der Waals surface area (Å²) in [5, 5.41) is 10.8. The van der Waals surface area contributed by atoms with E-state index in [2.05, 4.69) is 9.97 Å². The molecule has 1 heterocycles. The summed E-state index contributed by atoms with van der Waals surface area (Å²) in [6.45, 7) is 2.06. The van der Waals surface area contributed by atoms with E-state index >= 15 is 0 Å². The van der Waals surface area contributed by atoms with E-state index in [1.54, 1.807) is 25.1 Å². The Kier molecular flexibility index (Phi) is 5.62. The maximum absolute atomic E-state index is 13.4. The third kappa shape index (κ3) is 4.60. The Balaban J connectivity index is 2.01. The summed E-state index contributed by atoms with van der Waals surface area (Å²) < 4.78 is 45.5. The second kappa shape index (κ2) is 8.13. The molecule has 0 saturated carbocycles. The molecule has 1 aromatic heterocycles. The maximum atomic E-state index is 13.4. The van der Waals surface area contributed by atoms with Crippen LogP contribution in [0.2, 0.25) is 0 Å². The number of benzene rings is 2. The van der Waals surface area contributed by atoms with Crippen LogP contribution < -0.4 is 9.64 Å². The zero-order valence-corrected chi connectivity index (χ0v) is 15.1. The van der Waals surface area contributed by atoms with Crippen LogP contribution in [0.25, 0.3) is 0 Å². The molecule has 0 unspecified atom stereocenters. The number of nitro benzene ring substituents is 1. The SMILES string of the molecule is CCN(c1ccc([N+](=O)[O-])cc1)c1ncc(C(F)(F)F)c(Oc2ccccc2)n1. The number of alkyl halides is 3. The Morgan fingerprint density at radius 1 is 1.10 bits per heavy atom. The number of rotatable bonds is 6. The number of anilines is 2. The number of non-ortho nitro benzene ring substituents is 1. The summed E-state index contributed by atoms with van der Waals surface area (Å²) in [6.07, 6.45) is -4.04. The molecule has 10 heteroatoms. The Morgan fingerprint density at radius 3 is 2.31 bits per heavy atom. The molecule has 7 nitrogen and oxygen atoms in total. The molecule has 29 heavy (non-hydrogen) atoms. The smallest absolute Gasteiger partial charge is 0.423 e. The second-order valence-electron chi connectivity index (χ2n) is 5.82. The van der Waals surface area contributed by atoms with Crippen LogP contribution in [0.4, 0.5) is 30.5 Å². The zero-order chi connectivity index (χ0) is 21.0. The normalized spacial score (nSPS) is 11.2. The molecule has 0 amide bonds. The van der Waals surface area contributed by atoms with Gasteiger partial charge in [0.2, 0.25) is 11.8 Å². The lowest BCUT2D eigenvalue weighted by Crippen LogP contribution is -2.20. The first kappa shape index (κ1) is 20.1. The number of hydrogen-bond donors (Lipinski definition) is 0. The van der Waals surface area contributed by atoms with E-state index in [0.717, 1.165) is 0 Å². The molecule has 0 aliphatic heterocycles. The van der Waals surface area contributed by atoms with Gasteiger partial charge in [0.15, 0.2) is 0 Å². The van der Waals surface area contributed by atoms with Gasteiger partial charge >= 0.3 is 6.18 Å². The lowest BCUT2D eigenvalue weighted by molar-refractivity contribution is -0.384. The number of aromatic nitrogens is 2. The van der Waals surface area contributed by atoms with E-state index in [1.807, 2.05) is 0 Å². The molecule has 3 aromatic rings. The van der Waals surface area contributed by atoms with Gasteiger partial charge in [0.05, 0.1) is 4.92 Å². The summed E-state index contributed by atoms with van der Waals surface area (Å²) >= 11 is 0. The fourth-order valence-corrected chi connectivity index (χ4v) is 2.55. The van der Waals surface area contributed by atoms with Crippen molar-refractivity contribution in [1.82, 2.24) is 9.97 Å². The Morgan fingerprint density at radius 2 is 1.76 bits per heavy atom. The van der Waals surface area contributed by atoms with Gasteiger partial charge in [-0.25, -0.2) is 4.98 Å². The minimum atomic E-state index is -4.70. The van der Waals surface area contributed by atoms with Crippen LogP contribution >= 0.6 is 0 Å². The summed E-state index contributed by atoms with van der Waals surface area (Å²) in [5.41, 5.74) is -0.723. The molecule has 0 bridgehead atoms. The number of nitrogens with zero attached hydrogens (tertiary/aromatic N) is 4. The largest absolute Gasteiger partial charge is 0.438 e. The predicted molar refractivity (Wildman–Crippen MR) is 99.3 cm³/mol. The first-order chi connectivity index (χ1) is 13.8. The van der Waals surface area contributed by atoms with Crippen LogP contribution in [0.15, 0.2) is 60.8 Å². The molecule has 0 fully saturated rings. The topological polar surface area (TPSA) is 81.4 Å². The van der Waals surface area contributed by atoms with Gasteiger partial charge in [-0.2, -0.15) is 18.2 Å². The summed E-state index contributed by atoms with van der Waals surface area (Å²) in [4.78, 5) is 19.6. The van der Waals surface area contributed by atoms with Crippen molar-refractivity contribution in [3.8, 4) is 11.6 Å². The molecule has 0 spiro atoms. The molecule has 0 saturated heterocycles. The number of nitro groups is 1. The summed E-state index contributed by atoms with van der Waals surface area (Å²) in [5.74, 6) is -0.463. The minimum absolute atomic E-state index is 0.0275. The molecule has 0 aliphatic rings. The zero-order valence-electron chi connectivity index (χ0n) is 15.1. The van der Waals surface area contributed by atoms with Crippen LogP contribution in [-0.4, -0.2) is 21.4 Å². The fourth-order valence-electron chi connectivity index (χ4n) is 2.55. The van der Waals surface area contributed by atoms with Crippen LogP contribution in [0.1, 0.15) is 12.5 Å². The number of ether oxygens (including phenoxy) is 1. The van der Waals surface area contributed by atoms with Crippen LogP contribution in [0.5, 0.6) is 11.6 Å². The highest BCUT2D eigenvalue weighted by atomic mass is 19.4. The third-order valence-electron chi connectivity index (χ3n) is 3.93. The van der Waals surface area contributed by atoms with Gasteiger partial charge in [0, 0.05) is 30.6 Å². The van der Waals surface area contributed by atoms with E-state index in [1.165, 1.54) is 41.3 Å². The molecular weight excluding hydrogens is 389 g/mol. The lowest BCUT2D eigenvalue weighted by atomic mass is 10.2. The highest BCUT2D eigenvalue weighted by Crippen LogP contribution is 2.38. The monoisotopic (exact) mass is 404 g/mol. The molecule has 0 atom stereocenters. The van der Waals surface area contributed by atoms with Gasteiger partial charge in [0.1, 0.15) is 11.3 Å². The second-order valence-corrected chi connectivity index (χ2v) is 5.82. The van der Waals surface area contributed by atoms with Crippen LogP contribution in [0, 0.1) is 10.1 Å². The molecule has 3 rings (SSSR count). The van der Waals surface area contributed by atoms with Crippen molar-refractivity contribution in [2.24, 2.45) is 0 Å².